The summed E-state index contributed by atoms with van der Waals surface area (Å²) in [5.41, 5.74) is -0.0300. The normalized spacial score (nSPS) is 20.8. The van der Waals surface area contributed by atoms with Gasteiger partial charge < -0.3 is 10.4 Å². The van der Waals surface area contributed by atoms with Crippen LogP contribution in [0.15, 0.2) is 0 Å². The summed E-state index contributed by atoms with van der Waals surface area (Å²) in [7, 11) is 0. The van der Waals surface area contributed by atoms with E-state index in [0.29, 0.717) is 0 Å². The van der Waals surface area contributed by atoms with Crippen LogP contribution >= 0.6 is 0 Å². The highest BCUT2D eigenvalue weighted by Gasteiger charge is 2.27. The third-order valence-corrected chi connectivity index (χ3v) is 3.20. The van der Waals surface area contributed by atoms with Crippen LogP contribution in [-0.4, -0.2) is 23.8 Å². The van der Waals surface area contributed by atoms with Crippen LogP contribution in [0.3, 0.4) is 0 Å². The summed E-state index contributed by atoms with van der Waals surface area (Å²) in [5.74, 6) is 0.895. The predicted molar refractivity (Wildman–Crippen MR) is 60.4 cm³/mol. The molecule has 0 heterocycles. The van der Waals surface area contributed by atoms with Crippen molar-refractivity contribution in [2.24, 2.45) is 5.92 Å². The first kappa shape index (κ1) is 12.0. The molecule has 0 bridgehead atoms. The lowest BCUT2D eigenvalue weighted by atomic mass is 9.95. The maximum absolute atomic E-state index is 9.36. The molecule has 2 nitrogen and oxygen atoms in total. The van der Waals surface area contributed by atoms with E-state index in [1.54, 1.807) is 0 Å². The van der Waals surface area contributed by atoms with Gasteiger partial charge >= 0.3 is 0 Å². The van der Waals surface area contributed by atoms with Crippen LogP contribution < -0.4 is 5.32 Å². The van der Waals surface area contributed by atoms with Gasteiger partial charge in [0.05, 0.1) is 6.61 Å². The first-order valence-corrected chi connectivity index (χ1v) is 6.06. The minimum Gasteiger partial charge on any atom is -0.394 e. The lowest BCUT2D eigenvalue weighted by molar-refractivity contribution is 0.161. The Morgan fingerprint density at radius 1 is 1.36 bits per heavy atom. The third-order valence-electron chi connectivity index (χ3n) is 3.20. The maximum atomic E-state index is 9.36. The molecule has 1 unspecified atom stereocenters. The number of aliphatic hydroxyl groups is 1. The SMILES string of the molecule is CCCCCC(C)(CO)NCC1CC1. The highest BCUT2D eigenvalue weighted by Crippen LogP contribution is 2.28. The van der Waals surface area contributed by atoms with E-state index >= 15 is 0 Å². The molecule has 0 radical (unpaired) electrons. The Morgan fingerprint density at radius 2 is 2.07 bits per heavy atom. The number of rotatable bonds is 8. The van der Waals surface area contributed by atoms with Crippen molar-refractivity contribution in [3.8, 4) is 0 Å². The Balaban J connectivity index is 2.15. The van der Waals surface area contributed by atoms with E-state index < -0.39 is 0 Å². The highest BCUT2D eigenvalue weighted by atomic mass is 16.3. The van der Waals surface area contributed by atoms with Gasteiger partial charge in [-0.1, -0.05) is 26.2 Å². The minimum absolute atomic E-state index is 0.0300. The van der Waals surface area contributed by atoms with Crippen LogP contribution in [0.4, 0.5) is 0 Å². The van der Waals surface area contributed by atoms with Crippen molar-refractivity contribution in [2.45, 2.75) is 57.9 Å². The molecule has 0 saturated heterocycles. The Kier molecular flexibility index (Phi) is 4.90. The molecule has 1 aliphatic carbocycles. The molecule has 0 aromatic rings. The van der Waals surface area contributed by atoms with E-state index in [1.807, 2.05) is 0 Å². The second kappa shape index (κ2) is 5.72. The Hall–Kier alpha value is -0.0800. The van der Waals surface area contributed by atoms with E-state index in [-0.39, 0.29) is 12.1 Å². The quantitative estimate of drug-likeness (QED) is 0.588. The summed E-state index contributed by atoms with van der Waals surface area (Å²) >= 11 is 0. The molecule has 14 heavy (non-hydrogen) atoms. The van der Waals surface area contributed by atoms with Crippen molar-refractivity contribution in [3.63, 3.8) is 0 Å². The van der Waals surface area contributed by atoms with Crippen LogP contribution in [-0.2, 0) is 0 Å². The van der Waals surface area contributed by atoms with Gasteiger partial charge in [-0.15, -0.1) is 0 Å². The van der Waals surface area contributed by atoms with Gasteiger partial charge in [0.25, 0.3) is 0 Å². The summed E-state index contributed by atoms with van der Waals surface area (Å²) in [6, 6.07) is 0. The van der Waals surface area contributed by atoms with Crippen molar-refractivity contribution in [1.29, 1.82) is 0 Å². The molecule has 1 rings (SSSR count). The Morgan fingerprint density at radius 3 is 2.57 bits per heavy atom. The molecule has 0 aliphatic heterocycles. The fourth-order valence-corrected chi connectivity index (χ4v) is 1.70. The van der Waals surface area contributed by atoms with E-state index in [9.17, 15) is 5.11 Å². The van der Waals surface area contributed by atoms with Crippen LogP contribution in [0.25, 0.3) is 0 Å². The molecule has 0 amide bonds. The molecule has 2 N–H and O–H groups in total. The predicted octanol–water partition coefficient (Wildman–Crippen LogP) is 2.32. The third kappa shape index (κ3) is 4.43. The van der Waals surface area contributed by atoms with E-state index in [0.717, 1.165) is 18.9 Å². The molecule has 1 aliphatic rings. The number of nitrogens with one attached hydrogen (secondary N) is 1. The van der Waals surface area contributed by atoms with Crippen LogP contribution in [0.5, 0.6) is 0 Å². The molecular formula is C12H25NO. The van der Waals surface area contributed by atoms with Crippen LogP contribution in [0, 0.1) is 5.92 Å². The molecule has 1 atom stereocenters. The fourth-order valence-electron chi connectivity index (χ4n) is 1.70. The Bertz CT molecular complexity index is 156. The average Bonchev–Trinajstić information content (AvgIpc) is 2.99. The number of unbranched alkanes of at least 4 members (excludes halogenated alkanes) is 2. The highest BCUT2D eigenvalue weighted by molar-refractivity contribution is 4.86. The topological polar surface area (TPSA) is 32.3 Å². The summed E-state index contributed by atoms with van der Waals surface area (Å²) in [6.45, 7) is 5.73. The van der Waals surface area contributed by atoms with Crippen molar-refractivity contribution in [3.05, 3.63) is 0 Å². The second-order valence-electron chi connectivity index (χ2n) is 5.00. The van der Waals surface area contributed by atoms with Crippen molar-refractivity contribution in [2.75, 3.05) is 13.2 Å². The van der Waals surface area contributed by atoms with Crippen molar-refractivity contribution < 1.29 is 5.11 Å². The van der Waals surface area contributed by atoms with Gasteiger partial charge in [-0.3, -0.25) is 0 Å². The molecule has 1 saturated carbocycles. The second-order valence-corrected chi connectivity index (χ2v) is 5.00. The summed E-state index contributed by atoms with van der Waals surface area (Å²) in [5, 5.41) is 12.9. The zero-order chi connectivity index (χ0) is 10.4. The van der Waals surface area contributed by atoms with Gasteiger partial charge in [0.1, 0.15) is 0 Å². The lowest BCUT2D eigenvalue weighted by Gasteiger charge is -2.29. The summed E-state index contributed by atoms with van der Waals surface area (Å²) < 4.78 is 0. The van der Waals surface area contributed by atoms with Crippen molar-refractivity contribution in [1.82, 2.24) is 5.32 Å². The zero-order valence-corrected chi connectivity index (χ0v) is 9.68. The monoisotopic (exact) mass is 199 g/mol. The van der Waals surface area contributed by atoms with Crippen LogP contribution in [0.2, 0.25) is 0 Å². The van der Waals surface area contributed by atoms with Gasteiger partial charge in [-0.2, -0.15) is 0 Å². The molecule has 0 aromatic carbocycles. The van der Waals surface area contributed by atoms with E-state index in [2.05, 4.69) is 19.2 Å². The average molecular weight is 199 g/mol. The van der Waals surface area contributed by atoms with Crippen molar-refractivity contribution >= 4 is 0 Å². The molecule has 1 fully saturated rings. The van der Waals surface area contributed by atoms with Gasteiger partial charge in [0.2, 0.25) is 0 Å². The zero-order valence-electron chi connectivity index (χ0n) is 9.68. The van der Waals surface area contributed by atoms with Gasteiger partial charge in [0.15, 0.2) is 0 Å². The number of aliphatic hydroxyl groups excluding tert-OH is 1. The van der Waals surface area contributed by atoms with Gasteiger partial charge in [0, 0.05) is 5.54 Å². The largest absolute Gasteiger partial charge is 0.394 e. The van der Waals surface area contributed by atoms with Gasteiger partial charge in [-0.05, 0) is 38.6 Å². The number of hydrogen-bond acceptors (Lipinski definition) is 2. The molecule has 2 heteroatoms. The van der Waals surface area contributed by atoms with E-state index in [1.165, 1.54) is 32.1 Å². The Labute approximate surface area is 88.1 Å². The first-order valence-electron chi connectivity index (χ1n) is 6.06. The maximum Gasteiger partial charge on any atom is 0.0610 e. The number of hydrogen-bond donors (Lipinski definition) is 2. The minimum atomic E-state index is -0.0300. The lowest BCUT2D eigenvalue weighted by Crippen LogP contribution is -2.46. The van der Waals surface area contributed by atoms with Gasteiger partial charge in [-0.25, -0.2) is 0 Å². The van der Waals surface area contributed by atoms with E-state index in [4.69, 9.17) is 0 Å². The molecular weight excluding hydrogens is 174 g/mol. The molecule has 0 aromatic heterocycles. The fraction of sp³-hybridized carbons (Fsp3) is 1.00. The first-order chi connectivity index (χ1) is 6.70. The summed E-state index contributed by atoms with van der Waals surface area (Å²) in [4.78, 5) is 0. The summed E-state index contributed by atoms with van der Waals surface area (Å²) in [6.07, 6.45) is 7.62. The van der Waals surface area contributed by atoms with Crippen LogP contribution in [0.1, 0.15) is 52.4 Å². The molecule has 84 valence electrons. The standard InChI is InChI=1S/C12H25NO/c1-3-4-5-8-12(2,10-14)13-9-11-6-7-11/h11,13-14H,3-10H2,1-2H3. The molecule has 0 spiro atoms. The smallest absolute Gasteiger partial charge is 0.0610 e.